The molecule has 0 radical (unpaired) electrons. The topological polar surface area (TPSA) is 134 Å². The van der Waals surface area contributed by atoms with E-state index in [4.69, 9.17) is 5.73 Å². The molecular weight excluding hydrogens is 394 g/mol. The number of carbonyl (C=O) groups excluding carboxylic acids is 4. The number of hydrogen-bond acceptors (Lipinski definition) is 5. The Bertz CT molecular complexity index is 736. The van der Waals surface area contributed by atoms with Gasteiger partial charge in [0.25, 0.3) is 11.8 Å². The van der Waals surface area contributed by atoms with Crippen LogP contribution in [0.3, 0.4) is 0 Å². The predicted molar refractivity (Wildman–Crippen MR) is 109 cm³/mol. The quantitative estimate of drug-likeness (QED) is 0.550. The van der Waals surface area contributed by atoms with Gasteiger partial charge < -0.3 is 11.1 Å². The van der Waals surface area contributed by atoms with Gasteiger partial charge in [-0.2, -0.15) is 16.5 Å². The van der Waals surface area contributed by atoms with Crippen molar-refractivity contribution >= 4 is 35.1 Å². The highest BCUT2D eigenvalue weighted by Gasteiger charge is 2.32. The summed E-state index contributed by atoms with van der Waals surface area (Å²) in [6, 6.07) is 0.678. The molecule has 0 unspecified atom stereocenters. The number of hydrazine groups is 2. The zero-order valence-electron chi connectivity index (χ0n) is 17.0. The minimum atomic E-state index is -0.952. The van der Waals surface area contributed by atoms with E-state index >= 15 is 0 Å². The second-order valence-electron chi connectivity index (χ2n) is 8.46. The Labute approximate surface area is 174 Å². The number of amides is 5. The SMILES string of the molecule is CC(C)(C)CC(=O)NC1CCC(C(=O)N(NC(N)=O)NC(=O)c2ccsc2)CC1. The van der Waals surface area contributed by atoms with Gasteiger partial charge in [-0.1, -0.05) is 20.8 Å². The van der Waals surface area contributed by atoms with Gasteiger partial charge in [0, 0.05) is 23.8 Å². The van der Waals surface area contributed by atoms with Crippen LogP contribution in [0.5, 0.6) is 0 Å². The van der Waals surface area contributed by atoms with Crippen LogP contribution in [0.2, 0.25) is 0 Å². The molecule has 1 aromatic rings. The van der Waals surface area contributed by atoms with Crippen molar-refractivity contribution in [3.63, 3.8) is 0 Å². The summed E-state index contributed by atoms with van der Waals surface area (Å²) in [5.74, 6) is -1.34. The molecule has 9 nitrogen and oxygen atoms in total. The molecule has 1 aliphatic carbocycles. The molecule has 0 saturated heterocycles. The Balaban J connectivity index is 1.91. The molecule has 2 rings (SSSR count). The van der Waals surface area contributed by atoms with E-state index in [0.717, 1.165) is 5.12 Å². The van der Waals surface area contributed by atoms with E-state index in [2.05, 4.69) is 16.2 Å². The molecule has 1 aliphatic rings. The van der Waals surface area contributed by atoms with E-state index < -0.39 is 17.8 Å². The van der Waals surface area contributed by atoms with Crippen molar-refractivity contribution in [2.24, 2.45) is 17.1 Å². The third-order valence-electron chi connectivity index (χ3n) is 4.57. The lowest BCUT2D eigenvalue weighted by Gasteiger charge is -2.32. The first kappa shape index (κ1) is 22.7. The Morgan fingerprint density at radius 3 is 2.31 bits per heavy atom. The van der Waals surface area contributed by atoms with Crippen LogP contribution in [0.15, 0.2) is 16.8 Å². The number of thiophene rings is 1. The summed E-state index contributed by atoms with van der Waals surface area (Å²) in [4.78, 5) is 48.4. The molecule has 160 valence electrons. The van der Waals surface area contributed by atoms with Gasteiger partial charge in [0.2, 0.25) is 5.91 Å². The van der Waals surface area contributed by atoms with Crippen molar-refractivity contribution < 1.29 is 19.2 Å². The van der Waals surface area contributed by atoms with E-state index in [0.29, 0.717) is 37.7 Å². The molecule has 0 atom stereocenters. The summed E-state index contributed by atoms with van der Waals surface area (Å²) < 4.78 is 0. The molecule has 1 aromatic heterocycles. The second kappa shape index (κ2) is 9.73. The number of nitrogens with one attached hydrogen (secondary N) is 3. The molecule has 1 heterocycles. The summed E-state index contributed by atoms with van der Waals surface area (Å²) in [5, 5.41) is 7.16. The number of nitrogens with zero attached hydrogens (tertiary/aromatic N) is 1. The Morgan fingerprint density at radius 1 is 1.14 bits per heavy atom. The molecular formula is C19H29N5O4S. The smallest absolute Gasteiger partial charge is 0.332 e. The van der Waals surface area contributed by atoms with Crippen molar-refractivity contribution in [2.45, 2.75) is 58.9 Å². The molecule has 10 heteroatoms. The molecule has 5 amide bonds. The minimum Gasteiger partial charge on any atom is -0.353 e. The zero-order valence-corrected chi connectivity index (χ0v) is 17.8. The maximum atomic E-state index is 12.8. The van der Waals surface area contributed by atoms with Gasteiger partial charge in [-0.25, -0.2) is 15.6 Å². The number of urea groups is 1. The first-order valence-corrected chi connectivity index (χ1v) is 10.5. The monoisotopic (exact) mass is 423 g/mol. The van der Waals surface area contributed by atoms with E-state index in [1.807, 2.05) is 20.8 Å². The van der Waals surface area contributed by atoms with Crippen LogP contribution in [-0.4, -0.2) is 34.9 Å². The van der Waals surface area contributed by atoms with Gasteiger partial charge in [0.05, 0.1) is 5.56 Å². The van der Waals surface area contributed by atoms with Gasteiger partial charge in [-0.05, 0) is 42.5 Å². The van der Waals surface area contributed by atoms with E-state index in [1.165, 1.54) is 11.3 Å². The summed E-state index contributed by atoms with van der Waals surface area (Å²) in [7, 11) is 0. The first-order valence-electron chi connectivity index (χ1n) is 9.58. The summed E-state index contributed by atoms with van der Waals surface area (Å²) >= 11 is 1.34. The standard InChI is InChI=1S/C19H29N5O4S/c1-19(2,3)10-15(25)21-14-6-4-12(5-7-14)17(27)24(23-18(20)28)22-16(26)13-8-9-29-11-13/h8-9,11-12,14H,4-7,10H2,1-3H3,(H,21,25)(H,22,26)(H3,20,23,28). The predicted octanol–water partition coefficient (Wildman–Crippen LogP) is 1.92. The molecule has 1 fully saturated rings. The normalized spacial score (nSPS) is 19.1. The first-order chi connectivity index (χ1) is 13.5. The van der Waals surface area contributed by atoms with Gasteiger partial charge in [0.15, 0.2) is 0 Å². The third-order valence-corrected chi connectivity index (χ3v) is 5.25. The van der Waals surface area contributed by atoms with Crippen molar-refractivity contribution in [3.05, 3.63) is 22.4 Å². The number of primary amides is 1. The molecule has 0 aliphatic heterocycles. The number of carbonyl (C=O) groups is 4. The molecule has 0 bridgehead atoms. The lowest BCUT2D eigenvalue weighted by Crippen LogP contribution is -2.59. The Morgan fingerprint density at radius 2 is 1.79 bits per heavy atom. The van der Waals surface area contributed by atoms with E-state index in [9.17, 15) is 19.2 Å². The van der Waals surface area contributed by atoms with Gasteiger partial charge >= 0.3 is 6.03 Å². The highest BCUT2D eigenvalue weighted by Crippen LogP contribution is 2.26. The number of nitrogens with two attached hydrogens (primary N) is 1. The average molecular weight is 424 g/mol. The number of hydrogen-bond donors (Lipinski definition) is 4. The van der Waals surface area contributed by atoms with Crippen LogP contribution in [0.1, 0.15) is 63.2 Å². The maximum absolute atomic E-state index is 12.8. The largest absolute Gasteiger partial charge is 0.353 e. The zero-order chi connectivity index (χ0) is 21.6. The minimum absolute atomic E-state index is 0.00678. The highest BCUT2D eigenvalue weighted by molar-refractivity contribution is 7.08. The lowest BCUT2D eigenvalue weighted by atomic mass is 9.85. The summed E-state index contributed by atoms with van der Waals surface area (Å²) in [6.45, 7) is 6.02. The molecule has 0 aromatic carbocycles. The van der Waals surface area contributed by atoms with Crippen molar-refractivity contribution in [1.29, 1.82) is 0 Å². The van der Waals surface area contributed by atoms with Crippen LogP contribution >= 0.6 is 11.3 Å². The Kier molecular flexibility index (Phi) is 7.60. The summed E-state index contributed by atoms with van der Waals surface area (Å²) in [6.07, 6.45) is 2.80. The van der Waals surface area contributed by atoms with Crippen LogP contribution in [-0.2, 0) is 9.59 Å². The molecule has 0 spiro atoms. The molecule has 5 N–H and O–H groups in total. The average Bonchev–Trinajstić information content (AvgIpc) is 3.14. The van der Waals surface area contributed by atoms with Gasteiger partial charge in [0.1, 0.15) is 0 Å². The number of rotatable bonds is 4. The van der Waals surface area contributed by atoms with Crippen LogP contribution < -0.4 is 21.9 Å². The Hall–Kier alpha value is -2.62. The van der Waals surface area contributed by atoms with Gasteiger partial charge in [-0.3, -0.25) is 14.4 Å². The van der Waals surface area contributed by atoms with E-state index in [-0.39, 0.29) is 23.3 Å². The fraction of sp³-hybridized carbons (Fsp3) is 0.579. The van der Waals surface area contributed by atoms with Crippen molar-refractivity contribution in [3.8, 4) is 0 Å². The summed E-state index contributed by atoms with van der Waals surface area (Å²) in [5.41, 5.74) is 9.99. The lowest BCUT2D eigenvalue weighted by molar-refractivity contribution is -0.142. The van der Waals surface area contributed by atoms with Crippen LogP contribution in [0.4, 0.5) is 4.79 Å². The molecule has 29 heavy (non-hydrogen) atoms. The van der Waals surface area contributed by atoms with Gasteiger partial charge in [-0.15, -0.1) is 0 Å². The van der Waals surface area contributed by atoms with E-state index in [1.54, 1.807) is 16.8 Å². The highest BCUT2D eigenvalue weighted by atomic mass is 32.1. The van der Waals surface area contributed by atoms with Crippen LogP contribution in [0, 0.1) is 11.3 Å². The van der Waals surface area contributed by atoms with Crippen molar-refractivity contribution in [2.75, 3.05) is 0 Å². The fourth-order valence-electron chi connectivity index (χ4n) is 3.24. The van der Waals surface area contributed by atoms with Crippen LogP contribution in [0.25, 0.3) is 0 Å². The fourth-order valence-corrected chi connectivity index (χ4v) is 3.87. The molecule has 1 saturated carbocycles. The second-order valence-corrected chi connectivity index (χ2v) is 9.24. The maximum Gasteiger partial charge on any atom is 0.332 e. The van der Waals surface area contributed by atoms with Crippen molar-refractivity contribution in [1.82, 2.24) is 21.3 Å². The third kappa shape index (κ3) is 7.37.